The van der Waals surface area contributed by atoms with Gasteiger partial charge in [0.25, 0.3) is 0 Å². The molecule has 1 aromatic rings. The quantitative estimate of drug-likeness (QED) is 0.922. The molecule has 0 bridgehead atoms. The van der Waals surface area contributed by atoms with Crippen LogP contribution < -0.4 is 5.32 Å². The van der Waals surface area contributed by atoms with E-state index in [2.05, 4.69) is 10.3 Å². The number of nitrogens with zero attached hydrogens (tertiary/aromatic N) is 2. The standard InChI is InChI=1S/C13H21N3O2S/c1-10-5-4-6-11(2)16(10)19(17,18)12-7-8-15-13(9-12)14-3/h7-11H,4-6H2,1-3H3,(H,14,15)/t10-,11+. The number of hydrogen-bond donors (Lipinski definition) is 1. The number of pyridine rings is 1. The van der Waals surface area contributed by atoms with E-state index in [1.807, 2.05) is 13.8 Å². The van der Waals surface area contributed by atoms with Gasteiger partial charge in [0.2, 0.25) is 10.0 Å². The summed E-state index contributed by atoms with van der Waals surface area (Å²) in [4.78, 5) is 4.37. The van der Waals surface area contributed by atoms with Gasteiger partial charge in [0, 0.05) is 31.4 Å². The third kappa shape index (κ3) is 2.74. The summed E-state index contributed by atoms with van der Waals surface area (Å²) in [6.07, 6.45) is 4.46. The highest BCUT2D eigenvalue weighted by atomic mass is 32.2. The van der Waals surface area contributed by atoms with Crippen LogP contribution in [0.3, 0.4) is 0 Å². The minimum atomic E-state index is -3.44. The van der Waals surface area contributed by atoms with Gasteiger partial charge in [-0.2, -0.15) is 4.31 Å². The summed E-state index contributed by atoms with van der Waals surface area (Å²) in [5.74, 6) is 0.568. The Morgan fingerprint density at radius 2 is 1.95 bits per heavy atom. The molecule has 0 aliphatic carbocycles. The maximum absolute atomic E-state index is 12.7. The molecular formula is C13H21N3O2S. The zero-order chi connectivity index (χ0) is 14.0. The van der Waals surface area contributed by atoms with Gasteiger partial charge in [-0.25, -0.2) is 13.4 Å². The Balaban J connectivity index is 2.40. The van der Waals surface area contributed by atoms with Crippen LogP contribution in [0.1, 0.15) is 33.1 Å². The maximum atomic E-state index is 12.7. The van der Waals surface area contributed by atoms with Crippen molar-refractivity contribution in [1.29, 1.82) is 0 Å². The van der Waals surface area contributed by atoms with Gasteiger partial charge >= 0.3 is 0 Å². The Morgan fingerprint density at radius 3 is 2.53 bits per heavy atom. The number of anilines is 1. The highest BCUT2D eigenvalue weighted by molar-refractivity contribution is 7.89. The molecule has 2 atom stereocenters. The van der Waals surface area contributed by atoms with E-state index < -0.39 is 10.0 Å². The number of aromatic nitrogens is 1. The normalized spacial score (nSPS) is 25.2. The lowest BCUT2D eigenvalue weighted by Gasteiger charge is -2.37. The fourth-order valence-electron chi connectivity index (χ4n) is 2.70. The SMILES string of the molecule is CNc1cc(S(=O)(=O)N2[C@H](C)CCC[C@@H]2C)ccn1. The second-order valence-corrected chi connectivity index (χ2v) is 6.93. The van der Waals surface area contributed by atoms with E-state index in [9.17, 15) is 8.42 Å². The minimum absolute atomic E-state index is 0.0555. The van der Waals surface area contributed by atoms with E-state index in [1.165, 1.54) is 6.20 Å². The Hall–Kier alpha value is -1.14. The van der Waals surface area contributed by atoms with E-state index in [4.69, 9.17) is 0 Å². The molecule has 0 amide bonds. The summed E-state index contributed by atoms with van der Waals surface area (Å²) in [7, 11) is -1.71. The van der Waals surface area contributed by atoms with Crippen LogP contribution in [0.5, 0.6) is 0 Å². The van der Waals surface area contributed by atoms with Crippen LogP contribution >= 0.6 is 0 Å². The van der Waals surface area contributed by atoms with Crippen molar-refractivity contribution in [2.45, 2.75) is 50.1 Å². The summed E-state index contributed by atoms with van der Waals surface area (Å²) < 4.78 is 27.1. The lowest BCUT2D eigenvalue weighted by Crippen LogP contribution is -2.47. The van der Waals surface area contributed by atoms with Gasteiger partial charge < -0.3 is 5.32 Å². The van der Waals surface area contributed by atoms with Crippen molar-refractivity contribution in [2.75, 3.05) is 12.4 Å². The van der Waals surface area contributed by atoms with E-state index >= 15 is 0 Å². The number of hydrogen-bond acceptors (Lipinski definition) is 4. The fourth-order valence-corrected chi connectivity index (χ4v) is 4.60. The van der Waals surface area contributed by atoms with Gasteiger partial charge in [-0.15, -0.1) is 0 Å². The molecule has 2 rings (SSSR count). The van der Waals surface area contributed by atoms with Crippen molar-refractivity contribution in [2.24, 2.45) is 0 Å². The fraction of sp³-hybridized carbons (Fsp3) is 0.615. The number of nitrogens with one attached hydrogen (secondary N) is 1. The predicted octanol–water partition coefficient (Wildman–Crippen LogP) is 2.07. The molecule has 2 heterocycles. The van der Waals surface area contributed by atoms with Crippen LogP contribution in [-0.4, -0.2) is 36.8 Å². The van der Waals surface area contributed by atoms with Crippen LogP contribution in [0.2, 0.25) is 0 Å². The van der Waals surface area contributed by atoms with Crippen LogP contribution in [0.25, 0.3) is 0 Å². The molecule has 1 aliphatic rings. The van der Waals surface area contributed by atoms with Crippen molar-refractivity contribution in [3.8, 4) is 0 Å². The molecule has 1 aliphatic heterocycles. The zero-order valence-electron chi connectivity index (χ0n) is 11.6. The second-order valence-electron chi connectivity index (χ2n) is 5.09. The molecule has 106 valence electrons. The van der Waals surface area contributed by atoms with E-state index in [0.717, 1.165) is 19.3 Å². The number of rotatable bonds is 3. The van der Waals surface area contributed by atoms with Gasteiger partial charge in [-0.05, 0) is 32.8 Å². The van der Waals surface area contributed by atoms with Crippen LogP contribution in [-0.2, 0) is 10.0 Å². The van der Waals surface area contributed by atoms with Crippen LogP contribution in [0.15, 0.2) is 23.2 Å². The molecule has 1 fully saturated rings. The first-order valence-electron chi connectivity index (χ1n) is 6.64. The highest BCUT2D eigenvalue weighted by Gasteiger charge is 2.35. The van der Waals surface area contributed by atoms with Gasteiger partial charge in [0.1, 0.15) is 5.82 Å². The average molecular weight is 283 g/mol. The molecule has 0 unspecified atom stereocenters. The van der Waals surface area contributed by atoms with Gasteiger partial charge in [-0.3, -0.25) is 0 Å². The second kappa shape index (κ2) is 5.46. The Bertz CT molecular complexity index is 535. The maximum Gasteiger partial charge on any atom is 0.243 e. The van der Waals surface area contributed by atoms with Crippen molar-refractivity contribution >= 4 is 15.8 Å². The first kappa shape index (κ1) is 14.3. The largest absolute Gasteiger partial charge is 0.373 e. The van der Waals surface area contributed by atoms with E-state index in [0.29, 0.717) is 10.7 Å². The monoisotopic (exact) mass is 283 g/mol. The summed E-state index contributed by atoms with van der Waals surface area (Å²) in [5, 5.41) is 2.87. The Kier molecular flexibility index (Phi) is 4.10. The van der Waals surface area contributed by atoms with Crippen LogP contribution in [0.4, 0.5) is 5.82 Å². The first-order chi connectivity index (χ1) is 8.96. The van der Waals surface area contributed by atoms with Gasteiger partial charge in [0.15, 0.2) is 0 Å². The molecule has 1 N–H and O–H groups in total. The zero-order valence-corrected chi connectivity index (χ0v) is 12.4. The molecule has 19 heavy (non-hydrogen) atoms. The Morgan fingerprint density at radius 1 is 1.32 bits per heavy atom. The third-order valence-corrected chi connectivity index (χ3v) is 5.80. The molecule has 0 saturated carbocycles. The topological polar surface area (TPSA) is 62.3 Å². The average Bonchev–Trinajstić information content (AvgIpc) is 2.38. The summed E-state index contributed by atoms with van der Waals surface area (Å²) in [6, 6.07) is 3.26. The smallest absolute Gasteiger partial charge is 0.243 e. The molecule has 1 aromatic heterocycles. The molecule has 0 aromatic carbocycles. The molecule has 0 radical (unpaired) electrons. The van der Waals surface area contributed by atoms with Crippen LogP contribution in [0, 0.1) is 0 Å². The van der Waals surface area contributed by atoms with Crippen molar-refractivity contribution in [3.05, 3.63) is 18.3 Å². The third-order valence-electron chi connectivity index (χ3n) is 3.68. The molecular weight excluding hydrogens is 262 g/mol. The number of piperidine rings is 1. The lowest BCUT2D eigenvalue weighted by molar-refractivity contribution is 0.204. The lowest BCUT2D eigenvalue weighted by atomic mass is 10.0. The molecule has 6 heteroatoms. The van der Waals surface area contributed by atoms with Gasteiger partial charge in [0.05, 0.1) is 4.90 Å². The van der Waals surface area contributed by atoms with E-state index in [1.54, 1.807) is 23.5 Å². The summed E-state index contributed by atoms with van der Waals surface area (Å²) in [6.45, 7) is 3.96. The van der Waals surface area contributed by atoms with Crippen molar-refractivity contribution in [3.63, 3.8) is 0 Å². The minimum Gasteiger partial charge on any atom is -0.373 e. The predicted molar refractivity (Wildman–Crippen MR) is 75.6 cm³/mol. The van der Waals surface area contributed by atoms with E-state index in [-0.39, 0.29) is 12.1 Å². The highest BCUT2D eigenvalue weighted by Crippen LogP contribution is 2.29. The summed E-state index contributed by atoms with van der Waals surface area (Å²) in [5.41, 5.74) is 0. The Labute approximate surface area is 115 Å². The van der Waals surface area contributed by atoms with Gasteiger partial charge in [-0.1, -0.05) is 6.42 Å². The molecule has 5 nitrogen and oxygen atoms in total. The molecule has 1 saturated heterocycles. The number of sulfonamides is 1. The summed E-state index contributed by atoms with van der Waals surface area (Å²) >= 11 is 0. The molecule has 0 spiro atoms. The first-order valence-corrected chi connectivity index (χ1v) is 8.08. The van der Waals surface area contributed by atoms with Crippen molar-refractivity contribution in [1.82, 2.24) is 9.29 Å². The van der Waals surface area contributed by atoms with Crippen molar-refractivity contribution < 1.29 is 8.42 Å².